The Bertz CT molecular complexity index is 93.1. The number of primary amides is 1. The molecule has 0 aliphatic rings. The van der Waals surface area contributed by atoms with Gasteiger partial charge in [-0.05, 0) is 13.3 Å². The molecule has 9 heavy (non-hydrogen) atoms. The number of urea groups is 1. The first kappa shape index (κ1) is 8.27. The van der Waals surface area contributed by atoms with Gasteiger partial charge in [0.2, 0.25) is 0 Å². The standard InChI is InChI=1S/C6H13N2O/c1-3-5-8(4-2)6(7)9/h4H,3,5H2,1-2H3,(H2,7,9). The fourth-order valence-corrected chi connectivity index (χ4v) is 0.607. The smallest absolute Gasteiger partial charge is 0.315 e. The first-order valence-electron chi connectivity index (χ1n) is 3.08. The van der Waals surface area contributed by atoms with E-state index in [-0.39, 0.29) is 6.03 Å². The maximum atomic E-state index is 10.4. The number of hydrogen-bond donors (Lipinski definition) is 1. The van der Waals surface area contributed by atoms with Crippen molar-refractivity contribution >= 4 is 6.03 Å². The Morgan fingerprint density at radius 3 is 2.44 bits per heavy atom. The third-order valence-corrected chi connectivity index (χ3v) is 1.06. The minimum Gasteiger partial charge on any atom is -0.351 e. The summed E-state index contributed by atoms with van der Waals surface area (Å²) < 4.78 is 0. The largest absolute Gasteiger partial charge is 0.351 e. The Labute approximate surface area is 55.8 Å². The highest BCUT2D eigenvalue weighted by Crippen LogP contribution is 1.92. The maximum Gasteiger partial charge on any atom is 0.315 e. The zero-order valence-corrected chi connectivity index (χ0v) is 5.92. The summed E-state index contributed by atoms with van der Waals surface area (Å²) >= 11 is 0. The summed E-state index contributed by atoms with van der Waals surface area (Å²) in [5, 5.41) is 0. The van der Waals surface area contributed by atoms with Crippen LogP contribution >= 0.6 is 0 Å². The maximum absolute atomic E-state index is 10.4. The van der Waals surface area contributed by atoms with Crippen LogP contribution in [-0.4, -0.2) is 17.5 Å². The van der Waals surface area contributed by atoms with E-state index >= 15 is 0 Å². The van der Waals surface area contributed by atoms with E-state index in [1.807, 2.05) is 6.92 Å². The molecule has 3 heteroatoms. The number of nitrogens with two attached hydrogens (primary N) is 1. The summed E-state index contributed by atoms with van der Waals surface area (Å²) in [6, 6.07) is -0.376. The van der Waals surface area contributed by atoms with E-state index in [0.29, 0.717) is 6.54 Å². The monoisotopic (exact) mass is 129 g/mol. The molecule has 53 valence electrons. The lowest BCUT2D eigenvalue weighted by Crippen LogP contribution is -2.33. The summed E-state index contributed by atoms with van der Waals surface area (Å²) in [5.74, 6) is 0. The molecule has 0 spiro atoms. The highest BCUT2D eigenvalue weighted by atomic mass is 16.2. The van der Waals surface area contributed by atoms with E-state index < -0.39 is 0 Å². The fourth-order valence-electron chi connectivity index (χ4n) is 0.607. The molecule has 0 aromatic carbocycles. The van der Waals surface area contributed by atoms with Gasteiger partial charge in [0.25, 0.3) is 0 Å². The van der Waals surface area contributed by atoms with Crippen molar-refractivity contribution in [1.29, 1.82) is 0 Å². The van der Waals surface area contributed by atoms with Crippen LogP contribution in [0.4, 0.5) is 4.79 Å². The molecule has 0 aliphatic carbocycles. The van der Waals surface area contributed by atoms with Crippen LogP contribution in [0, 0.1) is 6.54 Å². The molecular formula is C6H13N2O. The van der Waals surface area contributed by atoms with Crippen LogP contribution in [0.2, 0.25) is 0 Å². The minimum absolute atomic E-state index is 0.376. The molecule has 0 unspecified atom stereocenters. The first-order valence-corrected chi connectivity index (χ1v) is 3.08. The average molecular weight is 129 g/mol. The average Bonchev–Trinajstić information content (AvgIpc) is 1.82. The molecule has 1 radical (unpaired) electrons. The molecule has 2 N–H and O–H groups in total. The lowest BCUT2D eigenvalue weighted by Gasteiger charge is -2.15. The lowest BCUT2D eigenvalue weighted by molar-refractivity contribution is 0.219. The van der Waals surface area contributed by atoms with Crippen molar-refractivity contribution in [3.05, 3.63) is 6.54 Å². The molecule has 0 heterocycles. The Balaban J connectivity index is 3.54. The van der Waals surface area contributed by atoms with Gasteiger partial charge in [-0.25, -0.2) is 4.79 Å². The SMILES string of the molecule is C[CH]N(CCC)C(N)=O. The zero-order valence-electron chi connectivity index (χ0n) is 5.92. The second-order valence-electron chi connectivity index (χ2n) is 1.79. The van der Waals surface area contributed by atoms with Crippen LogP contribution in [0.5, 0.6) is 0 Å². The third kappa shape index (κ3) is 2.95. The van der Waals surface area contributed by atoms with Crippen molar-refractivity contribution < 1.29 is 4.79 Å². The van der Waals surface area contributed by atoms with Gasteiger partial charge in [0.05, 0.1) is 6.54 Å². The predicted octanol–water partition coefficient (Wildman–Crippen LogP) is 0.959. The van der Waals surface area contributed by atoms with Crippen molar-refractivity contribution in [2.45, 2.75) is 20.3 Å². The second kappa shape index (κ2) is 4.18. The van der Waals surface area contributed by atoms with Crippen LogP contribution in [0.3, 0.4) is 0 Å². The molecule has 0 aliphatic heterocycles. The zero-order chi connectivity index (χ0) is 7.28. The van der Waals surface area contributed by atoms with E-state index in [2.05, 4.69) is 0 Å². The molecule has 2 amide bonds. The van der Waals surface area contributed by atoms with Crippen molar-refractivity contribution in [3.8, 4) is 0 Å². The van der Waals surface area contributed by atoms with Crippen molar-refractivity contribution in [3.63, 3.8) is 0 Å². The summed E-state index contributed by atoms with van der Waals surface area (Å²) in [7, 11) is 0. The molecule has 0 atom stereocenters. The van der Waals surface area contributed by atoms with Gasteiger partial charge in [0, 0.05) is 6.54 Å². The molecule has 0 saturated carbocycles. The molecule has 0 aromatic heterocycles. The summed E-state index contributed by atoms with van der Waals surface area (Å²) in [4.78, 5) is 11.9. The van der Waals surface area contributed by atoms with Crippen LogP contribution in [0.15, 0.2) is 0 Å². The Kier molecular flexibility index (Phi) is 3.84. The van der Waals surface area contributed by atoms with Crippen molar-refractivity contribution in [1.82, 2.24) is 4.90 Å². The van der Waals surface area contributed by atoms with Gasteiger partial charge in [-0.2, -0.15) is 0 Å². The Morgan fingerprint density at radius 2 is 2.33 bits per heavy atom. The number of hydrogen-bond acceptors (Lipinski definition) is 1. The second-order valence-corrected chi connectivity index (χ2v) is 1.79. The molecule has 0 saturated heterocycles. The summed E-state index contributed by atoms with van der Waals surface area (Å²) in [5.41, 5.74) is 4.99. The van der Waals surface area contributed by atoms with Gasteiger partial charge in [-0.3, -0.25) is 0 Å². The predicted molar refractivity (Wildman–Crippen MR) is 36.6 cm³/mol. The van der Waals surface area contributed by atoms with Gasteiger partial charge >= 0.3 is 6.03 Å². The topological polar surface area (TPSA) is 46.3 Å². The van der Waals surface area contributed by atoms with Gasteiger partial charge in [0.1, 0.15) is 0 Å². The first-order chi connectivity index (χ1) is 4.22. The summed E-state index contributed by atoms with van der Waals surface area (Å²) in [6.45, 7) is 6.19. The number of amides is 2. The van der Waals surface area contributed by atoms with Crippen molar-refractivity contribution in [2.24, 2.45) is 5.73 Å². The van der Waals surface area contributed by atoms with E-state index in [4.69, 9.17) is 5.73 Å². The molecular weight excluding hydrogens is 116 g/mol. The molecule has 3 nitrogen and oxygen atoms in total. The fraction of sp³-hybridized carbons (Fsp3) is 0.667. The van der Waals surface area contributed by atoms with Gasteiger partial charge in [-0.15, -0.1) is 0 Å². The van der Waals surface area contributed by atoms with Crippen LogP contribution in [-0.2, 0) is 0 Å². The Hall–Kier alpha value is -0.730. The van der Waals surface area contributed by atoms with Gasteiger partial charge in [0.15, 0.2) is 0 Å². The number of carbonyl (C=O) groups excluding carboxylic acids is 1. The lowest BCUT2D eigenvalue weighted by atomic mass is 10.4. The quantitative estimate of drug-likeness (QED) is 0.606. The third-order valence-electron chi connectivity index (χ3n) is 1.06. The van der Waals surface area contributed by atoms with Crippen LogP contribution in [0.1, 0.15) is 20.3 Å². The number of carbonyl (C=O) groups is 1. The normalized spacial score (nSPS) is 9.11. The highest BCUT2D eigenvalue weighted by Gasteiger charge is 2.03. The van der Waals surface area contributed by atoms with Gasteiger partial charge < -0.3 is 10.6 Å². The Morgan fingerprint density at radius 1 is 1.78 bits per heavy atom. The van der Waals surface area contributed by atoms with Gasteiger partial charge in [-0.1, -0.05) is 6.92 Å². The minimum atomic E-state index is -0.376. The molecule has 0 rings (SSSR count). The number of nitrogens with zero attached hydrogens (tertiary/aromatic N) is 1. The van der Waals surface area contributed by atoms with Crippen LogP contribution in [0.25, 0.3) is 0 Å². The summed E-state index contributed by atoms with van der Waals surface area (Å²) in [6.07, 6.45) is 0.938. The van der Waals surface area contributed by atoms with E-state index in [1.165, 1.54) is 4.90 Å². The molecule has 0 fully saturated rings. The molecule has 0 aromatic rings. The highest BCUT2D eigenvalue weighted by molar-refractivity contribution is 5.72. The van der Waals surface area contributed by atoms with Crippen LogP contribution < -0.4 is 5.73 Å². The van der Waals surface area contributed by atoms with Crippen molar-refractivity contribution in [2.75, 3.05) is 6.54 Å². The van der Waals surface area contributed by atoms with E-state index in [0.717, 1.165) is 6.42 Å². The van der Waals surface area contributed by atoms with E-state index in [9.17, 15) is 4.79 Å². The van der Waals surface area contributed by atoms with E-state index in [1.54, 1.807) is 13.5 Å². The molecule has 0 bridgehead atoms. The number of rotatable bonds is 3.